The van der Waals surface area contributed by atoms with Crippen molar-refractivity contribution in [2.45, 2.75) is 57.8 Å². The predicted molar refractivity (Wildman–Crippen MR) is 74.5 cm³/mol. The molecule has 3 heteroatoms. The standard InChI is InChI=1S/C15H28N2O/c1-16-11-7-14(18)17-12-6-10-15(13-17)8-4-2-3-5-9-15/h16H,2-13H2,1H3. The first-order valence-corrected chi connectivity index (χ1v) is 7.68. The SMILES string of the molecule is CNCCC(=O)N1CCCC2(CCCCCC2)C1. The van der Waals surface area contributed by atoms with Gasteiger partial charge in [0.25, 0.3) is 0 Å². The van der Waals surface area contributed by atoms with Gasteiger partial charge in [0.05, 0.1) is 0 Å². The molecule has 18 heavy (non-hydrogen) atoms. The van der Waals surface area contributed by atoms with Crippen molar-refractivity contribution in [2.24, 2.45) is 5.41 Å². The molecule has 2 fully saturated rings. The number of carbonyl (C=O) groups excluding carboxylic acids is 1. The van der Waals surface area contributed by atoms with Crippen LogP contribution >= 0.6 is 0 Å². The lowest BCUT2D eigenvalue weighted by Gasteiger charge is -2.43. The van der Waals surface area contributed by atoms with Crippen LogP contribution in [-0.2, 0) is 4.79 Å². The van der Waals surface area contributed by atoms with Gasteiger partial charge in [-0.25, -0.2) is 0 Å². The second kappa shape index (κ2) is 6.55. The maximum atomic E-state index is 12.2. The molecule has 104 valence electrons. The molecule has 1 saturated carbocycles. The van der Waals surface area contributed by atoms with E-state index in [0.717, 1.165) is 19.6 Å². The summed E-state index contributed by atoms with van der Waals surface area (Å²) in [5, 5.41) is 3.07. The lowest BCUT2D eigenvalue weighted by molar-refractivity contribution is -0.134. The smallest absolute Gasteiger partial charge is 0.223 e. The number of nitrogens with zero attached hydrogens (tertiary/aromatic N) is 1. The summed E-state index contributed by atoms with van der Waals surface area (Å²) in [7, 11) is 1.91. The Morgan fingerprint density at radius 2 is 1.78 bits per heavy atom. The monoisotopic (exact) mass is 252 g/mol. The number of rotatable bonds is 3. The van der Waals surface area contributed by atoms with E-state index in [4.69, 9.17) is 0 Å². The number of likely N-dealkylation sites (tertiary alicyclic amines) is 1. The average molecular weight is 252 g/mol. The summed E-state index contributed by atoms with van der Waals surface area (Å²) < 4.78 is 0. The van der Waals surface area contributed by atoms with Gasteiger partial charge in [-0.05, 0) is 38.1 Å². The van der Waals surface area contributed by atoms with Gasteiger partial charge in [0, 0.05) is 26.1 Å². The molecule has 0 atom stereocenters. The Kier molecular flexibility index (Phi) is 5.04. The number of hydrogen-bond donors (Lipinski definition) is 1. The van der Waals surface area contributed by atoms with E-state index in [-0.39, 0.29) is 0 Å². The van der Waals surface area contributed by atoms with Gasteiger partial charge in [-0.1, -0.05) is 25.7 Å². The predicted octanol–water partition coefficient (Wildman–Crippen LogP) is 2.56. The molecular weight excluding hydrogens is 224 g/mol. The third-order valence-electron chi connectivity index (χ3n) is 4.77. The molecule has 0 aromatic heterocycles. The van der Waals surface area contributed by atoms with Gasteiger partial charge in [0.1, 0.15) is 0 Å². The molecule has 0 radical (unpaired) electrons. The van der Waals surface area contributed by atoms with Gasteiger partial charge < -0.3 is 10.2 Å². The molecule has 0 bridgehead atoms. The Morgan fingerprint density at radius 3 is 2.44 bits per heavy atom. The molecule has 0 unspecified atom stereocenters. The fraction of sp³-hybridized carbons (Fsp3) is 0.933. The molecule has 0 aromatic carbocycles. The van der Waals surface area contributed by atoms with E-state index < -0.39 is 0 Å². The van der Waals surface area contributed by atoms with Crippen molar-refractivity contribution in [3.8, 4) is 0 Å². The maximum Gasteiger partial charge on any atom is 0.223 e. The van der Waals surface area contributed by atoms with Crippen molar-refractivity contribution >= 4 is 5.91 Å². The molecule has 1 spiro atoms. The highest BCUT2D eigenvalue weighted by Gasteiger charge is 2.36. The van der Waals surface area contributed by atoms with Crippen molar-refractivity contribution in [1.82, 2.24) is 10.2 Å². The van der Waals surface area contributed by atoms with E-state index in [2.05, 4.69) is 10.2 Å². The van der Waals surface area contributed by atoms with E-state index in [1.807, 2.05) is 7.05 Å². The topological polar surface area (TPSA) is 32.3 Å². The number of nitrogens with one attached hydrogen (secondary N) is 1. The zero-order chi connectivity index (χ0) is 12.8. The van der Waals surface area contributed by atoms with Gasteiger partial charge in [0.15, 0.2) is 0 Å². The van der Waals surface area contributed by atoms with E-state index in [1.54, 1.807) is 0 Å². The Bertz CT molecular complexity index is 270. The molecule has 3 nitrogen and oxygen atoms in total. The number of hydrogen-bond acceptors (Lipinski definition) is 2. The summed E-state index contributed by atoms with van der Waals surface area (Å²) in [6, 6.07) is 0. The molecule has 1 saturated heterocycles. The first-order valence-electron chi connectivity index (χ1n) is 7.68. The number of amides is 1. The normalized spacial score (nSPS) is 23.9. The van der Waals surface area contributed by atoms with Crippen molar-refractivity contribution < 1.29 is 4.79 Å². The Labute approximate surface area is 111 Å². The highest BCUT2D eigenvalue weighted by molar-refractivity contribution is 5.76. The van der Waals surface area contributed by atoms with Gasteiger partial charge in [0.2, 0.25) is 5.91 Å². The summed E-state index contributed by atoms with van der Waals surface area (Å²) in [6.07, 6.45) is 11.5. The fourth-order valence-electron chi connectivity index (χ4n) is 3.70. The van der Waals surface area contributed by atoms with Crippen LogP contribution in [0.15, 0.2) is 0 Å². The van der Waals surface area contributed by atoms with Crippen LogP contribution < -0.4 is 5.32 Å². The van der Waals surface area contributed by atoms with Crippen LogP contribution in [-0.4, -0.2) is 37.5 Å². The lowest BCUT2D eigenvalue weighted by atomic mass is 9.74. The summed E-state index contributed by atoms with van der Waals surface area (Å²) in [5.41, 5.74) is 0.476. The van der Waals surface area contributed by atoms with Crippen molar-refractivity contribution in [1.29, 1.82) is 0 Å². The maximum absolute atomic E-state index is 12.2. The van der Waals surface area contributed by atoms with Gasteiger partial charge >= 0.3 is 0 Å². The Morgan fingerprint density at radius 1 is 1.11 bits per heavy atom. The minimum atomic E-state index is 0.354. The van der Waals surface area contributed by atoms with Crippen LogP contribution in [0.2, 0.25) is 0 Å². The Balaban J connectivity index is 1.92. The number of carbonyl (C=O) groups is 1. The van der Waals surface area contributed by atoms with Crippen LogP contribution in [0.3, 0.4) is 0 Å². The molecule has 1 N–H and O–H groups in total. The third kappa shape index (κ3) is 3.47. The highest BCUT2D eigenvalue weighted by Crippen LogP contribution is 2.42. The first-order chi connectivity index (χ1) is 8.76. The van der Waals surface area contributed by atoms with Crippen LogP contribution in [0.5, 0.6) is 0 Å². The molecule has 1 heterocycles. The fourth-order valence-corrected chi connectivity index (χ4v) is 3.70. The van der Waals surface area contributed by atoms with Gasteiger partial charge in [-0.3, -0.25) is 4.79 Å². The first kappa shape index (κ1) is 13.9. The molecule has 1 amide bonds. The third-order valence-corrected chi connectivity index (χ3v) is 4.77. The van der Waals surface area contributed by atoms with Crippen molar-refractivity contribution in [2.75, 3.05) is 26.7 Å². The average Bonchev–Trinajstić information content (AvgIpc) is 2.62. The second-order valence-corrected chi connectivity index (χ2v) is 6.19. The van der Waals surface area contributed by atoms with E-state index >= 15 is 0 Å². The van der Waals surface area contributed by atoms with E-state index in [1.165, 1.54) is 51.4 Å². The molecule has 1 aliphatic heterocycles. The van der Waals surface area contributed by atoms with Gasteiger partial charge in [-0.15, -0.1) is 0 Å². The number of piperidine rings is 1. The molecule has 2 aliphatic rings. The summed E-state index contributed by atoms with van der Waals surface area (Å²) in [6.45, 7) is 2.84. The van der Waals surface area contributed by atoms with E-state index in [9.17, 15) is 4.79 Å². The zero-order valence-electron chi connectivity index (χ0n) is 11.8. The minimum Gasteiger partial charge on any atom is -0.342 e. The summed E-state index contributed by atoms with van der Waals surface area (Å²) in [4.78, 5) is 14.3. The van der Waals surface area contributed by atoms with Crippen molar-refractivity contribution in [3.63, 3.8) is 0 Å². The molecule has 2 rings (SSSR count). The van der Waals surface area contributed by atoms with E-state index in [0.29, 0.717) is 17.7 Å². The van der Waals surface area contributed by atoms with Crippen molar-refractivity contribution in [3.05, 3.63) is 0 Å². The van der Waals surface area contributed by atoms with Crippen LogP contribution in [0.25, 0.3) is 0 Å². The summed E-state index contributed by atoms with van der Waals surface area (Å²) in [5.74, 6) is 0.354. The minimum absolute atomic E-state index is 0.354. The lowest BCUT2D eigenvalue weighted by Crippen LogP contribution is -2.46. The summed E-state index contributed by atoms with van der Waals surface area (Å²) >= 11 is 0. The molecular formula is C15H28N2O. The molecule has 1 aliphatic carbocycles. The van der Waals surface area contributed by atoms with Gasteiger partial charge in [-0.2, -0.15) is 0 Å². The molecule has 0 aromatic rings. The quantitative estimate of drug-likeness (QED) is 0.837. The highest BCUT2D eigenvalue weighted by atomic mass is 16.2. The Hall–Kier alpha value is -0.570. The second-order valence-electron chi connectivity index (χ2n) is 6.19. The van der Waals surface area contributed by atoms with Crippen LogP contribution in [0.1, 0.15) is 57.8 Å². The van der Waals surface area contributed by atoms with Crippen LogP contribution in [0, 0.1) is 5.41 Å². The zero-order valence-corrected chi connectivity index (χ0v) is 11.8. The van der Waals surface area contributed by atoms with Crippen LogP contribution in [0.4, 0.5) is 0 Å². The largest absolute Gasteiger partial charge is 0.342 e.